The van der Waals surface area contributed by atoms with Crippen molar-refractivity contribution >= 4 is 17.4 Å². The first-order valence-electron chi connectivity index (χ1n) is 7.19. The Morgan fingerprint density at radius 3 is 2.90 bits per heavy atom. The number of Topliss-reactive ketones (excluding diaryl/α,β-unsaturated/α-hetero) is 1. The first-order chi connectivity index (χ1) is 10.1. The molecule has 2 aromatic rings. The summed E-state index contributed by atoms with van der Waals surface area (Å²) in [6, 6.07) is 12.4. The Hall–Kier alpha value is -1.67. The Morgan fingerprint density at radius 2 is 2.05 bits per heavy atom. The van der Waals surface area contributed by atoms with Crippen molar-refractivity contribution in [3.63, 3.8) is 0 Å². The van der Waals surface area contributed by atoms with E-state index in [0.29, 0.717) is 10.6 Å². The van der Waals surface area contributed by atoms with Crippen molar-refractivity contribution in [3.8, 4) is 0 Å². The Kier molecular flexibility index (Phi) is 4.07. The summed E-state index contributed by atoms with van der Waals surface area (Å²) >= 11 is 5.89. The van der Waals surface area contributed by atoms with Crippen LogP contribution in [0.15, 0.2) is 42.5 Å². The topological polar surface area (TPSA) is 17.1 Å². The molecule has 1 unspecified atom stereocenters. The van der Waals surface area contributed by atoms with Crippen molar-refractivity contribution in [1.82, 2.24) is 0 Å². The number of fused-ring (bicyclic) bond motifs is 1. The van der Waals surface area contributed by atoms with Crippen molar-refractivity contribution < 1.29 is 9.18 Å². The zero-order valence-corrected chi connectivity index (χ0v) is 12.4. The van der Waals surface area contributed by atoms with E-state index in [1.54, 1.807) is 6.07 Å². The predicted octanol–water partition coefficient (Wildman–Crippen LogP) is 4.71. The van der Waals surface area contributed by atoms with Crippen molar-refractivity contribution in [2.75, 3.05) is 0 Å². The van der Waals surface area contributed by atoms with E-state index in [4.69, 9.17) is 11.6 Å². The minimum atomic E-state index is -0.364. The first-order valence-corrected chi connectivity index (χ1v) is 7.57. The van der Waals surface area contributed by atoms with Crippen LogP contribution in [0.25, 0.3) is 0 Å². The second-order valence-electron chi connectivity index (χ2n) is 5.52. The van der Waals surface area contributed by atoms with Crippen LogP contribution >= 0.6 is 11.6 Å². The Morgan fingerprint density at radius 1 is 1.24 bits per heavy atom. The summed E-state index contributed by atoms with van der Waals surface area (Å²) in [5.41, 5.74) is 2.74. The second-order valence-corrected chi connectivity index (χ2v) is 5.96. The lowest BCUT2D eigenvalue weighted by atomic mass is 9.79. The van der Waals surface area contributed by atoms with Gasteiger partial charge in [0.25, 0.3) is 0 Å². The molecule has 3 heteroatoms. The summed E-state index contributed by atoms with van der Waals surface area (Å²) in [5, 5.41) is 0.461. The van der Waals surface area contributed by atoms with Gasteiger partial charge in [-0.3, -0.25) is 4.79 Å². The quantitative estimate of drug-likeness (QED) is 0.802. The van der Waals surface area contributed by atoms with Crippen LogP contribution in [0.2, 0.25) is 5.02 Å². The van der Waals surface area contributed by atoms with Gasteiger partial charge in [0.05, 0.1) is 0 Å². The molecule has 3 rings (SSSR count). The molecule has 108 valence electrons. The van der Waals surface area contributed by atoms with E-state index >= 15 is 0 Å². The smallest absolute Gasteiger partial charge is 0.144 e. The highest BCUT2D eigenvalue weighted by Gasteiger charge is 2.26. The van der Waals surface area contributed by atoms with Gasteiger partial charge in [0.2, 0.25) is 0 Å². The molecule has 0 fully saturated rings. The molecule has 0 N–H and O–H groups in total. The summed E-state index contributed by atoms with van der Waals surface area (Å²) in [5.74, 6) is -0.409. The highest BCUT2D eigenvalue weighted by Crippen LogP contribution is 2.33. The summed E-state index contributed by atoms with van der Waals surface area (Å²) in [6.07, 6.45) is 2.97. The minimum absolute atomic E-state index is 0.0725. The molecule has 0 aliphatic heterocycles. The molecule has 0 saturated carbocycles. The maximum absolute atomic E-state index is 13.8. The van der Waals surface area contributed by atoms with Gasteiger partial charge in [-0.15, -0.1) is 0 Å². The van der Waals surface area contributed by atoms with E-state index < -0.39 is 0 Å². The maximum Gasteiger partial charge on any atom is 0.144 e. The lowest BCUT2D eigenvalue weighted by Gasteiger charge is -2.24. The zero-order chi connectivity index (χ0) is 14.8. The zero-order valence-electron chi connectivity index (χ0n) is 11.6. The van der Waals surface area contributed by atoms with Crippen LogP contribution < -0.4 is 0 Å². The standard InChI is InChI=1S/C18H16ClFO/c19-14-8-9-17(20)13(10-14)11-18(21)16-7-3-5-12-4-1-2-6-15(12)16/h1-2,4,6,8-10,16H,3,5,7,11H2. The third-order valence-corrected chi connectivity index (χ3v) is 4.37. The summed E-state index contributed by atoms with van der Waals surface area (Å²) in [7, 11) is 0. The third kappa shape index (κ3) is 3.01. The summed E-state index contributed by atoms with van der Waals surface area (Å²) < 4.78 is 13.8. The number of benzene rings is 2. The minimum Gasteiger partial charge on any atom is -0.299 e. The Labute approximate surface area is 128 Å². The largest absolute Gasteiger partial charge is 0.299 e. The molecule has 0 aromatic heterocycles. The normalized spacial score (nSPS) is 17.3. The SMILES string of the molecule is O=C(Cc1cc(Cl)ccc1F)C1CCCc2ccccc21. The van der Waals surface area contributed by atoms with E-state index in [1.807, 2.05) is 18.2 Å². The molecule has 1 aliphatic carbocycles. The van der Waals surface area contributed by atoms with E-state index in [-0.39, 0.29) is 23.9 Å². The van der Waals surface area contributed by atoms with Gasteiger partial charge in [0, 0.05) is 17.4 Å². The molecule has 2 aromatic carbocycles. The summed E-state index contributed by atoms with van der Waals surface area (Å²) in [6.45, 7) is 0. The van der Waals surface area contributed by atoms with Crippen LogP contribution in [0, 0.1) is 5.82 Å². The Bertz CT molecular complexity index is 681. The molecule has 0 amide bonds. The molecule has 0 radical (unpaired) electrons. The van der Waals surface area contributed by atoms with Crippen LogP contribution in [0.1, 0.15) is 35.4 Å². The third-order valence-electron chi connectivity index (χ3n) is 4.13. The number of carbonyl (C=O) groups is 1. The number of carbonyl (C=O) groups excluding carboxylic acids is 1. The monoisotopic (exact) mass is 302 g/mol. The molecule has 1 nitrogen and oxygen atoms in total. The van der Waals surface area contributed by atoms with Crippen molar-refractivity contribution in [1.29, 1.82) is 0 Å². The van der Waals surface area contributed by atoms with E-state index in [1.165, 1.54) is 17.7 Å². The van der Waals surface area contributed by atoms with Gasteiger partial charge < -0.3 is 0 Å². The fraction of sp³-hybridized carbons (Fsp3) is 0.278. The molecule has 0 spiro atoms. The number of hydrogen-bond donors (Lipinski definition) is 0. The molecule has 0 bridgehead atoms. The van der Waals surface area contributed by atoms with Gasteiger partial charge in [-0.25, -0.2) is 4.39 Å². The van der Waals surface area contributed by atoms with Gasteiger partial charge in [-0.2, -0.15) is 0 Å². The fourth-order valence-electron chi connectivity index (χ4n) is 3.08. The van der Waals surface area contributed by atoms with E-state index in [0.717, 1.165) is 24.8 Å². The average molecular weight is 303 g/mol. The Balaban J connectivity index is 1.85. The van der Waals surface area contributed by atoms with Crippen LogP contribution in [-0.2, 0) is 17.6 Å². The molecular weight excluding hydrogens is 287 g/mol. The predicted molar refractivity (Wildman–Crippen MR) is 82.2 cm³/mol. The fourth-order valence-corrected chi connectivity index (χ4v) is 3.27. The van der Waals surface area contributed by atoms with Gasteiger partial charge in [-0.1, -0.05) is 35.9 Å². The lowest BCUT2D eigenvalue weighted by Crippen LogP contribution is -2.20. The van der Waals surface area contributed by atoms with E-state index in [2.05, 4.69) is 6.07 Å². The van der Waals surface area contributed by atoms with Crippen molar-refractivity contribution in [2.45, 2.75) is 31.6 Å². The number of aryl methyl sites for hydroxylation is 1. The van der Waals surface area contributed by atoms with Crippen molar-refractivity contribution in [3.05, 3.63) is 70.0 Å². The van der Waals surface area contributed by atoms with Gasteiger partial charge in [-0.05, 0) is 54.2 Å². The highest BCUT2D eigenvalue weighted by molar-refractivity contribution is 6.30. The number of rotatable bonds is 3. The molecule has 1 atom stereocenters. The van der Waals surface area contributed by atoms with Gasteiger partial charge >= 0.3 is 0 Å². The number of halogens is 2. The van der Waals surface area contributed by atoms with Gasteiger partial charge in [0.15, 0.2) is 0 Å². The molecule has 0 heterocycles. The lowest BCUT2D eigenvalue weighted by molar-refractivity contribution is -0.120. The number of ketones is 1. The molecule has 0 saturated heterocycles. The summed E-state index contributed by atoms with van der Waals surface area (Å²) in [4.78, 5) is 12.6. The molecule has 21 heavy (non-hydrogen) atoms. The van der Waals surface area contributed by atoms with E-state index in [9.17, 15) is 9.18 Å². The number of hydrogen-bond acceptors (Lipinski definition) is 1. The second kappa shape index (κ2) is 5.98. The first kappa shape index (κ1) is 14.3. The van der Waals surface area contributed by atoms with Crippen LogP contribution in [0.3, 0.4) is 0 Å². The van der Waals surface area contributed by atoms with Crippen LogP contribution in [-0.4, -0.2) is 5.78 Å². The maximum atomic E-state index is 13.8. The molecular formula is C18H16ClFO. The average Bonchev–Trinajstić information content (AvgIpc) is 2.50. The van der Waals surface area contributed by atoms with Crippen molar-refractivity contribution in [2.24, 2.45) is 0 Å². The highest BCUT2D eigenvalue weighted by atomic mass is 35.5. The van der Waals surface area contributed by atoms with Crippen LogP contribution in [0.5, 0.6) is 0 Å². The molecule has 1 aliphatic rings. The van der Waals surface area contributed by atoms with Crippen LogP contribution in [0.4, 0.5) is 4.39 Å². The van der Waals surface area contributed by atoms with Gasteiger partial charge in [0.1, 0.15) is 11.6 Å².